The number of hydrogen-bond acceptors (Lipinski definition) is 5. The first kappa shape index (κ1) is 18.4. The van der Waals surface area contributed by atoms with E-state index in [2.05, 4.69) is 55.4 Å². The number of thioether (sulfide) groups is 1. The number of nitrogens with zero attached hydrogens (tertiary/aromatic N) is 2. The maximum absolute atomic E-state index is 12.3. The Hall–Kier alpha value is -1.97. The Bertz CT molecular complexity index is 1080. The molecule has 0 aliphatic rings. The maximum atomic E-state index is 12.3. The van der Waals surface area contributed by atoms with E-state index >= 15 is 0 Å². The molecule has 2 aromatic heterocycles. The molecule has 0 bridgehead atoms. The van der Waals surface area contributed by atoms with Crippen LogP contribution in [-0.2, 0) is 4.79 Å². The van der Waals surface area contributed by atoms with E-state index in [1.807, 2.05) is 42.5 Å². The van der Waals surface area contributed by atoms with Crippen molar-refractivity contribution in [1.29, 1.82) is 0 Å². The number of anilines is 1. The summed E-state index contributed by atoms with van der Waals surface area (Å²) in [5.41, 5.74) is 3.04. The van der Waals surface area contributed by atoms with E-state index in [9.17, 15) is 4.79 Å². The van der Waals surface area contributed by atoms with E-state index in [-0.39, 0.29) is 5.91 Å². The first-order chi connectivity index (χ1) is 13.2. The minimum absolute atomic E-state index is 0.0514. The Morgan fingerprint density at radius 3 is 2.63 bits per heavy atom. The second kappa shape index (κ2) is 8.37. The van der Waals surface area contributed by atoms with Crippen molar-refractivity contribution >= 4 is 67.5 Å². The number of amides is 1. The van der Waals surface area contributed by atoms with Crippen LogP contribution in [0, 0.1) is 3.57 Å². The first-order valence-corrected chi connectivity index (χ1v) is 11.1. The number of halogens is 1. The lowest BCUT2D eigenvalue weighted by molar-refractivity contribution is -0.113. The van der Waals surface area contributed by atoms with Gasteiger partial charge < -0.3 is 5.32 Å². The number of carbonyl (C=O) groups is 1. The van der Waals surface area contributed by atoms with Gasteiger partial charge in [-0.15, -0.1) is 11.3 Å². The predicted molar refractivity (Wildman–Crippen MR) is 121 cm³/mol. The summed E-state index contributed by atoms with van der Waals surface area (Å²) in [6, 6.07) is 17.9. The van der Waals surface area contributed by atoms with Gasteiger partial charge in [-0.2, -0.15) is 0 Å². The molecule has 2 aromatic carbocycles. The topological polar surface area (TPSA) is 54.9 Å². The lowest BCUT2D eigenvalue weighted by Crippen LogP contribution is -2.14. The molecule has 4 nitrogen and oxygen atoms in total. The van der Waals surface area contributed by atoms with E-state index in [4.69, 9.17) is 0 Å². The van der Waals surface area contributed by atoms with Gasteiger partial charge in [0, 0.05) is 20.2 Å². The molecule has 27 heavy (non-hydrogen) atoms. The minimum Gasteiger partial charge on any atom is -0.325 e. The van der Waals surface area contributed by atoms with Gasteiger partial charge in [-0.3, -0.25) is 4.79 Å². The van der Waals surface area contributed by atoms with E-state index < -0.39 is 0 Å². The summed E-state index contributed by atoms with van der Waals surface area (Å²) in [5, 5.41) is 6.87. The summed E-state index contributed by atoms with van der Waals surface area (Å²) in [7, 11) is 0. The van der Waals surface area contributed by atoms with Crippen LogP contribution < -0.4 is 5.32 Å². The van der Waals surface area contributed by atoms with Crippen LogP contribution in [0.2, 0.25) is 0 Å². The molecule has 0 spiro atoms. The van der Waals surface area contributed by atoms with Crippen molar-refractivity contribution in [2.75, 3.05) is 11.1 Å². The van der Waals surface area contributed by atoms with Gasteiger partial charge in [0.1, 0.15) is 16.2 Å². The molecule has 0 aliphatic heterocycles. The van der Waals surface area contributed by atoms with E-state index in [1.54, 1.807) is 17.7 Å². The van der Waals surface area contributed by atoms with Crippen LogP contribution in [0.25, 0.3) is 21.3 Å². The number of fused-ring (bicyclic) bond motifs is 1. The van der Waals surface area contributed by atoms with E-state index in [1.165, 1.54) is 11.8 Å². The number of carbonyl (C=O) groups excluding carboxylic acids is 1. The Labute approximate surface area is 178 Å². The fourth-order valence-electron chi connectivity index (χ4n) is 2.65. The fraction of sp³-hybridized carbons (Fsp3) is 0.0500. The molecule has 0 unspecified atom stereocenters. The molecule has 134 valence electrons. The molecule has 2 heterocycles. The van der Waals surface area contributed by atoms with E-state index in [0.29, 0.717) is 5.75 Å². The zero-order valence-electron chi connectivity index (χ0n) is 14.1. The Morgan fingerprint density at radius 2 is 1.85 bits per heavy atom. The van der Waals surface area contributed by atoms with Gasteiger partial charge in [0.05, 0.1) is 11.1 Å². The van der Waals surface area contributed by atoms with Gasteiger partial charge in [0.2, 0.25) is 5.91 Å². The number of aromatic nitrogens is 2. The third-order valence-electron chi connectivity index (χ3n) is 3.89. The zero-order valence-corrected chi connectivity index (χ0v) is 17.8. The SMILES string of the molecule is O=C(CSc1ncnc2scc(-c3ccccc3)c12)Nc1ccc(I)cc1. The van der Waals surface area contributed by atoms with Gasteiger partial charge in [-0.25, -0.2) is 9.97 Å². The van der Waals surface area contributed by atoms with Gasteiger partial charge >= 0.3 is 0 Å². The van der Waals surface area contributed by atoms with Crippen LogP contribution in [0.3, 0.4) is 0 Å². The van der Waals surface area contributed by atoms with Crippen LogP contribution in [0.15, 0.2) is 71.3 Å². The highest BCUT2D eigenvalue weighted by Gasteiger charge is 2.14. The molecule has 0 atom stereocenters. The highest BCUT2D eigenvalue weighted by atomic mass is 127. The Kier molecular flexibility index (Phi) is 5.70. The quantitative estimate of drug-likeness (QED) is 0.216. The van der Waals surface area contributed by atoms with Crippen LogP contribution in [-0.4, -0.2) is 21.6 Å². The van der Waals surface area contributed by atoms with Crippen LogP contribution in [0.1, 0.15) is 0 Å². The highest BCUT2D eigenvalue weighted by Crippen LogP contribution is 2.37. The molecule has 0 saturated heterocycles. The standard InChI is InChI=1S/C20H14IN3OS2/c21-14-6-8-15(9-7-14)24-17(25)11-27-20-18-16(13-4-2-1-3-5-13)10-26-19(18)22-12-23-20/h1-10,12H,11H2,(H,24,25). The molecular weight excluding hydrogens is 489 g/mol. The summed E-state index contributed by atoms with van der Waals surface area (Å²) in [6.07, 6.45) is 1.56. The molecule has 4 aromatic rings. The Balaban J connectivity index is 1.54. The second-order valence-corrected chi connectivity index (χ2v) is 8.79. The first-order valence-electron chi connectivity index (χ1n) is 8.16. The number of thiophene rings is 1. The molecule has 4 rings (SSSR count). The van der Waals surface area contributed by atoms with Crippen molar-refractivity contribution in [2.45, 2.75) is 5.03 Å². The predicted octanol–water partition coefficient (Wildman–Crippen LogP) is 5.69. The molecule has 0 fully saturated rings. The average molecular weight is 503 g/mol. The van der Waals surface area contributed by atoms with Crippen LogP contribution in [0.4, 0.5) is 5.69 Å². The van der Waals surface area contributed by atoms with Crippen molar-refractivity contribution in [3.05, 3.63) is 69.9 Å². The normalized spacial score (nSPS) is 10.9. The second-order valence-electron chi connectivity index (χ2n) is 5.72. The molecule has 1 N–H and O–H groups in total. The van der Waals surface area contributed by atoms with Crippen molar-refractivity contribution in [3.63, 3.8) is 0 Å². The lowest BCUT2D eigenvalue weighted by Gasteiger charge is -2.07. The lowest BCUT2D eigenvalue weighted by atomic mass is 10.1. The van der Waals surface area contributed by atoms with Gasteiger partial charge in [0.15, 0.2) is 0 Å². The van der Waals surface area contributed by atoms with Gasteiger partial charge in [0.25, 0.3) is 0 Å². The van der Waals surface area contributed by atoms with Crippen molar-refractivity contribution < 1.29 is 4.79 Å². The summed E-state index contributed by atoms with van der Waals surface area (Å²) in [5.74, 6) is 0.242. The number of hydrogen-bond donors (Lipinski definition) is 1. The maximum Gasteiger partial charge on any atom is 0.234 e. The summed E-state index contributed by atoms with van der Waals surface area (Å²) >= 11 is 5.27. The van der Waals surface area contributed by atoms with Crippen LogP contribution >= 0.6 is 45.7 Å². The van der Waals surface area contributed by atoms with Crippen LogP contribution in [0.5, 0.6) is 0 Å². The monoisotopic (exact) mass is 503 g/mol. The zero-order chi connectivity index (χ0) is 18.6. The highest BCUT2D eigenvalue weighted by molar-refractivity contribution is 14.1. The third-order valence-corrected chi connectivity index (χ3v) is 6.48. The van der Waals surface area contributed by atoms with Crippen molar-refractivity contribution in [2.24, 2.45) is 0 Å². The molecule has 7 heteroatoms. The van der Waals surface area contributed by atoms with Gasteiger partial charge in [-0.05, 0) is 52.4 Å². The summed E-state index contributed by atoms with van der Waals surface area (Å²) < 4.78 is 1.13. The molecule has 0 radical (unpaired) electrons. The minimum atomic E-state index is -0.0514. The number of rotatable bonds is 5. The molecule has 0 aliphatic carbocycles. The van der Waals surface area contributed by atoms with Crippen molar-refractivity contribution in [3.8, 4) is 11.1 Å². The molecule has 0 saturated carbocycles. The third kappa shape index (κ3) is 4.31. The average Bonchev–Trinajstić information content (AvgIpc) is 3.14. The smallest absolute Gasteiger partial charge is 0.234 e. The Morgan fingerprint density at radius 1 is 1.07 bits per heavy atom. The molecular formula is C20H14IN3OS2. The van der Waals surface area contributed by atoms with E-state index in [0.717, 1.165) is 35.6 Å². The number of nitrogens with one attached hydrogen (secondary N) is 1. The number of benzene rings is 2. The summed E-state index contributed by atoms with van der Waals surface area (Å²) in [4.78, 5) is 22.1. The van der Waals surface area contributed by atoms with Crippen molar-refractivity contribution in [1.82, 2.24) is 9.97 Å². The molecule has 1 amide bonds. The fourth-order valence-corrected chi connectivity index (χ4v) is 4.80. The van der Waals surface area contributed by atoms with Gasteiger partial charge in [-0.1, -0.05) is 42.1 Å². The largest absolute Gasteiger partial charge is 0.325 e. The summed E-state index contributed by atoms with van der Waals surface area (Å²) in [6.45, 7) is 0.